The molecule has 5 heteroatoms. The van der Waals surface area contributed by atoms with Gasteiger partial charge in [-0.05, 0) is 29.2 Å². The number of rotatable bonds is 0. The van der Waals surface area contributed by atoms with E-state index in [2.05, 4.69) is 25.8 Å². The smallest absolute Gasteiger partial charge is 0.186 e. The van der Waals surface area contributed by atoms with Crippen LogP contribution in [0.1, 0.15) is 31.9 Å². The molecule has 0 aliphatic carbocycles. The number of hydrogen-bond acceptors (Lipinski definition) is 4. The molecule has 0 atom stereocenters. The van der Waals surface area contributed by atoms with Crippen LogP contribution in [0.3, 0.4) is 0 Å². The van der Waals surface area contributed by atoms with Crippen molar-refractivity contribution in [2.75, 3.05) is 0 Å². The van der Waals surface area contributed by atoms with Gasteiger partial charge in [-0.15, -0.1) is 0 Å². The highest BCUT2D eigenvalue weighted by Gasteiger charge is 2.28. The number of ether oxygens (including phenoxy) is 1. The van der Waals surface area contributed by atoms with Crippen LogP contribution >= 0.6 is 0 Å². The SMILES string of the molecule is CC(C)(C)c1ccc2c(c1)S(=O)(=O)Cc1ccncc1O2. The molecule has 1 aromatic carbocycles. The fraction of sp³-hybridized carbons (Fsp3) is 0.312. The first kappa shape index (κ1) is 14.1. The van der Waals surface area contributed by atoms with Crippen molar-refractivity contribution >= 4 is 9.84 Å². The summed E-state index contributed by atoms with van der Waals surface area (Å²) < 4.78 is 31.0. The van der Waals surface area contributed by atoms with Crippen molar-refractivity contribution in [3.05, 3.63) is 47.8 Å². The van der Waals surface area contributed by atoms with E-state index in [1.807, 2.05) is 6.07 Å². The Morgan fingerprint density at radius 3 is 2.62 bits per heavy atom. The number of sulfone groups is 1. The average Bonchev–Trinajstić information content (AvgIpc) is 2.50. The number of hydrogen-bond donors (Lipinski definition) is 0. The van der Waals surface area contributed by atoms with Crippen LogP contribution < -0.4 is 4.74 Å². The van der Waals surface area contributed by atoms with Gasteiger partial charge in [-0.3, -0.25) is 4.98 Å². The molecule has 0 spiro atoms. The monoisotopic (exact) mass is 303 g/mol. The molecule has 1 aliphatic heterocycles. The van der Waals surface area contributed by atoms with Crippen LogP contribution in [0.15, 0.2) is 41.6 Å². The van der Waals surface area contributed by atoms with Crippen LogP contribution in [-0.2, 0) is 21.0 Å². The Balaban J connectivity index is 2.21. The van der Waals surface area contributed by atoms with Gasteiger partial charge in [0.1, 0.15) is 16.4 Å². The summed E-state index contributed by atoms with van der Waals surface area (Å²) in [4.78, 5) is 4.25. The third-order valence-electron chi connectivity index (χ3n) is 3.58. The highest BCUT2D eigenvalue weighted by Crippen LogP contribution is 2.39. The summed E-state index contributed by atoms with van der Waals surface area (Å²) >= 11 is 0. The van der Waals surface area contributed by atoms with Gasteiger partial charge in [0.15, 0.2) is 9.84 Å². The van der Waals surface area contributed by atoms with E-state index in [1.165, 1.54) is 0 Å². The number of benzene rings is 1. The lowest BCUT2D eigenvalue weighted by Crippen LogP contribution is -2.12. The number of fused-ring (bicyclic) bond motifs is 2. The second-order valence-corrected chi connectivity index (χ2v) is 8.21. The lowest BCUT2D eigenvalue weighted by molar-refractivity contribution is 0.464. The summed E-state index contributed by atoms with van der Waals surface area (Å²) in [6, 6.07) is 7.05. The maximum Gasteiger partial charge on any atom is 0.186 e. The van der Waals surface area contributed by atoms with Crippen molar-refractivity contribution < 1.29 is 13.2 Å². The van der Waals surface area contributed by atoms with E-state index in [0.717, 1.165) is 5.56 Å². The molecule has 4 nitrogen and oxygen atoms in total. The Bertz CT molecular complexity index is 805. The second-order valence-electron chi connectivity index (χ2n) is 6.26. The van der Waals surface area contributed by atoms with Crippen molar-refractivity contribution in [3.8, 4) is 11.5 Å². The molecule has 0 N–H and O–H groups in total. The second kappa shape index (κ2) is 4.56. The predicted octanol–water partition coefficient (Wildman–Crippen LogP) is 3.46. The molecule has 1 aromatic heterocycles. The van der Waals surface area contributed by atoms with Gasteiger partial charge < -0.3 is 4.74 Å². The predicted molar refractivity (Wildman–Crippen MR) is 80.3 cm³/mol. The van der Waals surface area contributed by atoms with Gasteiger partial charge in [-0.2, -0.15) is 0 Å². The Labute approximate surface area is 124 Å². The molecule has 110 valence electrons. The fourth-order valence-corrected chi connectivity index (χ4v) is 3.85. The standard InChI is InChI=1S/C16H17NO3S/c1-16(2,3)12-4-5-13-15(8-12)21(18,19)10-11-6-7-17-9-14(11)20-13/h4-9H,10H2,1-3H3. The third-order valence-corrected chi connectivity index (χ3v) is 5.26. The number of nitrogens with zero attached hydrogens (tertiary/aromatic N) is 1. The molecule has 0 saturated heterocycles. The van der Waals surface area contributed by atoms with E-state index in [1.54, 1.807) is 30.6 Å². The Morgan fingerprint density at radius 1 is 1.14 bits per heavy atom. The van der Waals surface area contributed by atoms with Crippen molar-refractivity contribution in [1.29, 1.82) is 0 Å². The Hall–Kier alpha value is -1.88. The largest absolute Gasteiger partial charge is 0.454 e. The molecule has 2 heterocycles. The van der Waals surface area contributed by atoms with Crippen LogP contribution in [0.25, 0.3) is 0 Å². The van der Waals surface area contributed by atoms with Gasteiger partial charge in [-0.1, -0.05) is 26.8 Å². The fourth-order valence-electron chi connectivity index (χ4n) is 2.32. The average molecular weight is 303 g/mol. The van der Waals surface area contributed by atoms with Crippen LogP contribution in [0.2, 0.25) is 0 Å². The van der Waals surface area contributed by atoms with E-state index < -0.39 is 9.84 Å². The first-order valence-corrected chi connectivity index (χ1v) is 8.41. The normalized spacial score (nSPS) is 16.3. The minimum atomic E-state index is -3.43. The maximum atomic E-state index is 12.6. The maximum absolute atomic E-state index is 12.6. The Kier molecular flexibility index (Phi) is 3.06. The molecule has 0 amide bonds. The van der Waals surface area contributed by atoms with Crippen LogP contribution in [0.5, 0.6) is 11.5 Å². The van der Waals surface area contributed by atoms with E-state index in [-0.39, 0.29) is 16.1 Å². The topological polar surface area (TPSA) is 56.3 Å². The summed E-state index contributed by atoms with van der Waals surface area (Å²) in [5.74, 6) is 0.809. The zero-order valence-electron chi connectivity index (χ0n) is 12.3. The molecular weight excluding hydrogens is 286 g/mol. The molecule has 0 saturated carbocycles. The van der Waals surface area contributed by atoms with Gasteiger partial charge in [0, 0.05) is 11.8 Å². The van der Waals surface area contributed by atoms with Crippen LogP contribution in [-0.4, -0.2) is 13.4 Å². The molecule has 1 aliphatic rings. The van der Waals surface area contributed by atoms with Crippen LogP contribution in [0, 0.1) is 0 Å². The first-order chi connectivity index (χ1) is 9.77. The van der Waals surface area contributed by atoms with Gasteiger partial charge in [0.05, 0.1) is 11.9 Å². The van der Waals surface area contributed by atoms with Gasteiger partial charge in [-0.25, -0.2) is 8.42 Å². The zero-order valence-corrected chi connectivity index (χ0v) is 13.1. The molecule has 0 radical (unpaired) electrons. The van der Waals surface area contributed by atoms with E-state index in [9.17, 15) is 8.42 Å². The summed E-state index contributed by atoms with van der Waals surface area (Å²) in [6.07, 6.45) is 3.13. The molecule has 21 heavy (non-hydrogen) atoms. The molecule has 2 aromatic rings. The van der Waals surface area contributed by atoms with E-state index in [0.29, 0.717) is 17.1 Å². The summed E-state index contributed by atoms with van der Waals surface area (Å²) in [6.45, 7) is 6.16. The van der Waals surface area contributed by atoms with Gasteiger partial charge in [0.25, 0.3) is 0 Å². The van der Waals surface area contributed by atoms with Crippen molar-refractivity contribution in [3.63, 3.8) is 0 Å². The third kappa shape index (κ3) is 2.53. The highest BCUT2D eigenvalue weighted by atomic mass is 32.2. The minimum Gasteiger partial charge on any atom is -0.454 e. The number of pyridine rings is 1. The summed E-state index contributed by atoms with van der Waals surface area (Å²) in [5.41, 5.74) is 1.49. The van der Waals surface area contributed by atoms with Crippen molar-refractivity contribution in [2.45, 2.75) is 36.8 Å². The molecule has 0 fully saturated rings. The molecule has 0 unspecified atom stereocenters. The highest BCUT2D eigenvalue weighted by molar-refractivity contribution is 7.90. The quantitative estimate of drug-likeness (QED) is 0.748. The molecule has 3 rings (SSSR count). The Morgan fingerprint density at radius 2 is 1.90 bits per heavy atom. The summed E-state index contributed by atoms with van der Waals surface area (Å²) in [5, 5.41) is 0. The molecular formula is C16H17NO3S. The van der Waals surface area contributed by atoms with Crippen molar-refractivity contribution in [2.24, 2.45) is 0 Å². The van der Waals surface area contributed by atoms with E-state index in [4.69, 9.17) is 4.74 Å². The minimum absolute atomic E-state index is 0.0640. The summed E-state index contributed by atoms with van der Waals surface area (Å²) in [7, 11) is -3.43. The first-order valence-electron chi connectivity index (χ1n) is 6.75. The molecule has 0 bridgehead atoms. The van der Waals surface area contributed by atoms with Gasteiger partial charge in [0.2, 0.25) is 0 Å². The lowest BCUT2D eigenvalue weighted by Gasteiger charge is -2.20. The van der Waals surface area contributed by atoms with Gasteiger partial charge >= 0.3 is 0 Å². The number of aromatic nitrogens is 1. The zero-order chi connectivity index (χ0) is 15.3. The van der Waals surface area contributed by atoms with Crippen molar-refractivity contribution in [1.82, 2.24) is 4.98 Å². The van der Waals surface area contributed by atoms with E-state index >= 15 is 0 Å². The lowest BCUT2D eigenvalue weighted by atomic mass is 9.87. The van der Waals surface area contributed by atoms with Crippen LogP contribution in [0.4, 0.5) is 0 Å².